The zero-order valence-corrected chi connectivity index (χ0v) is 19.5. The summed E-state index contributed by atoms with van der Waals surface area (Å²) < 4.78 is 8.99. The zero-order valence-electron chi connectivity index (χ0n) is 19.5. The summed E-state index contributed by atoms with van der Waals surface area (Å²) in [5.41, 5.74) is 12.7. The summed E-state index contributed by atoms with van der Waals surface area (Å²) in [5.74, 6) is 0. The van der Waals surface area contributed by atoms with E-state index in [1.165, 1.54) is 33.5 Å². The molecule has 0 aliphatic heterocycles. The fourth-order valence-corrected chi connectivity index (χ4v) is 5.46. The molecule has 3 aromatic heterocycles. The number of benzene rings is 2. The normalized spacial score (nSPS) is 14.2. The van der Waals surface area contributed by atoms with E-state index in [1.807, 2.05) is 12.3 Å². The molecule has 0 amide bonds. The first-order valence-corrected chi connectivity index (χ1v) is 11.2. The van der Waals surface area contributed by atoms with E-state index in [9.17, 15) is 0 Å². The quantitative estimate of drug-likeness (QED) is 0.283. The molecule has 3 nitrogen and oxygen atoms in total. The van der Waals surface area contributed by atoms with Crippen LogP contribution in [0.4, 0.5) is 0 Å². The standard InChI is InChI=1S/C29H27N2O/c1-16-9-10-19-20-11-12-21-25(26-22(29(21,4)5)8-7-13-30-26)28(20)32-27(19)24(16)23-14-17(2)18(3)15-31(23)6/h7-15H,1-6H3/q+1. The van der Waals surface area contributed by atoms with Gasteiger partial charge in [-0.15, -0.1) is 0 Å². The largest absolute Gasteiger partial charge is 0.454 e. The molecular formula is C29H27N2O+. The second-order valence-electron chi connectivity index (χ2n) is 9.76. The van der Waals surface area contributed by atoms with E-state index >= 15 is 0 Å². The molecule has 3 heterocycles. The predicted molar refractivity (Wildman–Crippen MR) is 130 cm³/mol. The molecule has 1 aliphatic rings. The lowest BCUT2D eigenvalue weighted by Crippen LogP contribution is -2.31. The third-order valence-electron chi connectivity index (χ3n) is 7.41. The summed E-state index contributed by atoms with van der Waals surface area (Å²) in [6, 6.07) is 15.4. The molecule has 1 aliphatic carbocycles. The number of aromatic nitrogens is 2. The maximum atomic E-state index is 6.78. The van der Waals surface area contributed by atoms with Gasteiger partial charge in [0.2, 0.25) is 5.69 Å². The van der Waals surface area contributed by atoms with Crippen molar-refractivity contribution in [1.82, 2.24) is 4.98 Å². The smallest absolute Gasteiger partial charge is 0.216 e. The molecule has 3 heteroatoms. The van der Waals surface area contributed by atoms with Crippen molar-refractivity contribution >= 4 is 21.9 Å². The number of aryl methyl sites for hydroxylation is 4. The van der Waals surface area contributed by atoms with Crippen LogP contribution in [0.5, 0.6) is 0 Å². The van der Waals surface area contributed by atoms with Gasteiger partial charge in [0.1, 0.15) is 18.2 Å². The number of hydrogen-bond acceptors (Lipinski definition) is 2. The van der Waals surface area contributed by atoms with Crippen LogP contribution >= 0.6 is 0 Å². The zero-order chi connectivity index (χ0) is 22.4. The van der Waals surface area contributed by atoms with Crippen molar-refractivity contribution in [3.05, 3.63) is 82.7 Å². The van der Waals surface area contributed by atoms with E-state index in [0.29, 0.717) is 0 Å². The van der Waals surface area contributed by atoms with E-state index in [-0.39, 0.29) is 5.41 Å². The Morgan fingerprint density at radius 3 is 2.31 bits per heavy atom. The minimum absolute atomic E-state index is 0.0919. The molecule has 6 rings (SSSR count). The van der Waals surface area contributed by atoms with Crippen LogP contribution in [0, 0.1) is 20.8 Å². The lowest BCUT2D eigenvalue weighted by Gasteiger charge is -2.20. The Labute approximate surface area is 188 Å². The van der Waals surface area contributed by atoms with Gasteiger partial charge in [-0.05, 0) is 49.1 Å². The highest BCUT2D eigenvalue weighted by molar-refractivity contribution is 6.14. The lowest BCUT2D eigenvalue weighted by atomic mass is 9.82. The van der Waals surface area contributed by atoms with Gasteiger partial charge in [0, 0.05) is 39.6 Å². The maximum absolute atomic E-state index is 6.78. The van der Waals surface area contributed by atoms with E-state index in [0.717, 1.165) is 38.8 Å². The van der Waals surface area contributed by atoms with Gasteiger partial charge in [-0.25, -0.2) is 4.57 Å². The first kappa shape index (κ1) is 19.2. The molecule has 32 heavy (non-hydrogen) atoms. The lowest BCUT2D eigenvalue weighted by molar-refractivity contribution is -0.660. The van der Waals surface area contributed by atoms with E-state index in [4.69, 9.17) is 9.40 Å². The number of hydrogen-bond donors (Lipinski definition) is 0. The second-order valence-corrected chi connectivity index (χ2v) is 9.76. The van der Waals surface area contributed by atoms with E-state index in [1.54, 1.807) is 0 Å². The van der Waals surface area contributed by atoms with E-state index < -0.39 is 0 Å². The number of rotatable bonds is 1. The molecular weight excluding hydrogens is 392 g/mol. The van der Waals surface area contributed by atoms with Crippen LogP contribution in [0.2, 0.25) is 0 Å². The van der Waals surface area contributed by atoms with Crippen molar-refractivity contribution in [2.24, 2.45) is 7.05 Å². The van der Waals surface area contributed by atoms with Crippen molar-refractivity contribution in [3.8, 4) is 22.5 Å². The Morgan fingerprint density at radius 1 is 0.812 bits per heavy atom. The summed E-state index contributed by atoms with van der Waals surface area (Å²) in [7, 11) is 2.11. The van der Waals surface area contributed by atoms with Crippen LogP contribution in [0.25, 0.3) is 44.5 Å². The number of pyridine rings is 2. The van der Waals surface area contributed by atoms with Crippen LogP contribution < -0.4 is 4.57 Å². The molecule has 158 valence electrons. The average Bonchev–Trinajstić information content (AvgIpc) is 3.24. The molecule has 0 radical (unpaired) electrons. The van der Waals surface area contributed by atoms with Gasteiger partial charge in [-0.3, -0.25) is 4.98 Å². The highest BCUT2D eigenvalue weighted by Crippen LogP contribution is 2.52. The number of furan rings is 1. The van der Waals surface area contributed by atoms with Crippen molar-refractivity contribution in [3.63, 3.8) is 0 Å². The minimum Gasteiger partial charge on any atom is -0.454 e. The SMILES string of the molecule is Cc1cc(-c2c(C)ccc3c2oc2c4c(ccc23)C(C)(C)c2cccnc2-4)[n+](C)cc1C. The van der Waals surface area contributed by atoms with Gasteiger partial charge in [-0.2, -0.15) is 0 Å². The summed E-state index contributed by atoms with van der Waals surface area (Å²) in [5, 5.41) is 2.31. The van der Waals surface area contributed by atoms with Crippen molar-refractivity contribution in [1.29, 1.82) is 0 Å². The molecule has 2 aromatic carbocycles. The first-order valence-electron chi connectivity index (χ1n) is 11.2. The van der Waals surface area contributed by atoms with Crippen LogP contribution in [0.15, 0.2) is 59.3 Å². The third-order valence-corrected chi connectivity index (χ3v) is 7.41. The molecule has 0 saturated carbocycles. The molecule has 0 atom stereocenters. The second kappa shape index (κ2) is 6.29. The summed E-state index contributed by atoms with van der Waals surface area (Å²) in [4.78, 5) is 4.79. The van der Waals surface area contributed by atoms with Gasteiger partial charge >= 0.3 is 0 Å². The van der Waals surface area contributed by atoms with E-state index in [2.05, 4.69) is 88.8 Å². The molecule has 0 saturated heterocycles. The van der Waals surface area contributed by atoms with Crippen molar-refractivity contribution < 1.29 is 8.98 Å². The van der Waals surface area contributed by atoms with Gasteiger partial charge in [0.25, 0.3) is 0 Å². The monoisotopic (exact) mass is 419 g/mol. The predicted octanol–water partition coefficient (Wildman–Crippen LogP) is 6.70. The molecule has 0 spiro atoms. The summed E-state index contributed by atoms with van der Waals surface area (Å²) in [6.07, 6.45) is 4.09. The van der Waals surface area contributed by atoms with Crippen molar-refractivity contribution in [2.45, 2.75) is 40.0 Å². The molecule has 0 N–H and O–H groups in total. The van der Waals surface area contributed by atoms with Crippen LogP contribution in [0.3, 0.4) is 0 Å². The average molecular weight is 420 g/mol. The minimum atomic E-state index is -0.0919. The summed E-state index contributed by atoms with van der Waals surface area (Å²) in [6.45, 7) is 11.0. The number of fused-ring (bicyclic) bond motifs is 7. The fraction of sp³-hybridized carbons (Fsp3) is 0.241. The maximum Gasteiger partial charge on any atom is 0.216 e. The Hall–Kier alpha value is -3.46. The molecule has 0 unspecified atom stereocenters. The Morgan fingerprint density at radius 2 is 1.53 bits per heavy atom. The summed E-state index contributed by atoms with van der Waals surface area (Å²) >= 11 is 0. The Kier molecular flexibility index (Phi) is 3.78. The Bertz CT molecular complexity index is 1590. The topological polar surface area (TPSA) is 29.9 Å². The highest BCUT2D eigenvalue weighted by atomic mass is 16.3. The number of nitrogens with zero attached hydrogens (tertiary/aromatic N) is 2. The van der Waals surface area contributed by atoms with Gasteiger partial charge in [0.05, 0.1) is 11.3 Å². The highest BCUT2D eigenvalue weighted by Gasteiger charge is 2.38. The van der Waals surface area contributed by atoms with Crippen LogP contribution in [-0.2, 0) is 12.5 Å². The van der Waals surface area contributed by atoms with Crippen molar-refractivity contribution in [2.75, 3.05) is 0 Å². The van der Waals surface area contributed by atoms with Gasteiger partial charge in [0.15, 0.2) is 6.20 Å². The van der Waals surface area contributed by atoms with Gasteiger partial charge < -0.3 is 4.42 Å². The van der Waals surface area contributed by atoms with Gasteiger partial charge in [-0.1, -0.05) is 44.2 Å². The van der Waals surface area contributed by atoms with Crippen LogP contribution in [0.1, 0.15) is 41.7 Å². The first-order chi connectivity index (χ1) is 15.3. The third kappa shape index (κ3) is 2.37. The molecule has 5 aromatic rings. The van der Waals surface area contributed by atoms with Crippen LogP contribution in [-0.4, -0.2) is 4.98 Å². The fourth-order valence-electron chi connectivity index (χ4n) is 5.46. The molecule has 0 fully saturated rings. The Balaban J connectivity index is 1.75. The molecule has 0 bridgehead atoms.